The van der Waals surface area contributed by atoms with Gasteiger partial charge in [0.15, 0.2) is 5.89 Å². The summed E-state index contributed by atoms with van der Waals surface area (Å²) in [5, 5.41) is 14.3. The molecule has 0 saturated heterocycles. The second-order valence-corrected chi connectivity index (χ2v) is 5.74. The predicted octanol–water partition coefficient (Wildman–Crippen LogP) is 3.87. The predicted molar refractivity (Wildman–Crippen MR) is 83.7 cm³/mol. The number of oxazole rings is 1. The number of hydrogen-bond donors (Lipinski definition) is 1. The minimum atomic E-state index is -0.349. The van der Waals surface area contributed by atoms with Crippen LogP contribution in [0.1, 0.15) is 55.4 Å². The molecule has 1 N–H and O–H groups in total. The molecule has 1 aromatic heterocycles. The van der Waals surface area contributed by atoms with Gasteiger partial charge in [-0.25, -0.2) is 4.98 Å². The maximum Gasteiger partial charge on any atom is 0.272 e. The molecular weight excluding hydrogens is 282 g/mol. The zero-order valence-electron chi connectivity index (χ0n) is 13.3. The van der Waals surface area contributed by atoms with Crippen LogP contribution in [0.2, 0.25) is 0 Å². The van der Waals surface area contributed by atoms with Gasteiger partial charge in [-0.1, -0.05) is 26.0 Å². The molecule has 0 amide bonds. The third-order valence-electron chi connectivity index (χ3n) is 3.58. The first-order valence-corrected chi connectivity index (χ1v) is 7.31. The summed E-state index contributed by atoms with van der Waals surface area (Å²) in [6.45, 7) is 8.31. The maximum absolute atomic E-state index is 11.0. The van der Waals surface area contributed by atoms with E-state index in [1.807, 2.05) is 26.8 Å². The number of hydrogen-bond acceptors (Lipinski definition) is 5. The van der Waals surface area contributed by atoms with Crippen molar-refractivity contribution < 1.29 is 9.34 Å². The Balaban J connectivity index is 2.04. The van der Waals surface area contributed by atoms with Crippen molar-refractivity contribution in [1.29, 1.82) is 0 Å². The molecule has 0 bridgehead atoms. The number of nitro groups is 1. The third-order valence-corrected chi connectivity index (χ3v) is 3.58. The highest BCUT2D eigenvalue weighted by atomic mass is 16.6. The van der Waals surface area contributed by atoms with E-state index in [2.05, 4.69) is 10.3 Å². The SMILES string of the molecule is Cc1ccc([C@H](C)NCc2coc(C(C)C)n2)cc1[N+](=O)[O-]. The molecule has 0 saturated carbocycles. The Labute approximate surface area is 129 Å². The smallest absolute Gasteiger partial charge is 0.272 e. The van der Waals surface area contributed by atoms with E-state index < -0.39 is 0 Å². The van der Waals surface area contributed by atoms with Crippen molar-refractivity contribution in [1.82, 2.24) is 10.3 Å². The molecule has 0 aliphatic heterocycles. The Bertz CT molecular complexity index is 664. The van der Waals surface area contributed by atoms with Gasteiger partial charge in [-0.05, 0) is 19.4 Å². The van der Waals surface area contributed by atoms with Gasteiger partial charge in [-0.2, -0.15) is 0 Å². The van der Waals surface area contributed by atoms with Crippen molar-refractivity contribution in [3.05, 3.63) is 57.3 Å². The normalized spacial score (nSPS) is 12.6. The minimum absolute atomic E-state index is 0.0153. The third kappa shape index (κ3) is 3.71. The molecule has 0 radical (unpaired) electrons. The second-order valence-electron chi connectivity index (χ2n) is 5.74. The molecule has 6 nitrogen and oxygen atoms in total. The Hall–Kier alpha value is -2.21. The summed E-state index contributed by atoms with van der Waals surface area (Å²) in [6, 6.07) is 5.29. The van der Waals surface area contributed by atoms with Gasteiger partial charge in [0, 0.05) is 30.1 Å². The van der Waals surface area contributed by atoms with E-state index in [4.69, 9.17) is 4.42 Å². The van der Waals surface area contributed by atoms with Crippen LogP contribution in [0.3, 0.4) is 0 Å². The standard InChI is InChI=1S/C16H21N3O3/c1-10(2)16-18-14(9-22-16)8-17-12(4)13-6-5-11(3)15(7-13)19(20)21/h5-7,9-10,12,17H,8H2,1-4H3/t12-/m0/s1. The summed E-state index contributed by atoms with van der Waals surface area (Å²) in [7, 11) is 0. The largest absolute Gasteiger partial charge is 0.448 e. The highest BCUT2D eigenvalue weighted by Crippen LogP contribution is 2.23. The summed E-state index contributed by atoms with van der Waals surface area (Å²) < 4.78 is 5.39. The fraction of sp³-hybridized carbons (Fsp3) is 0.438. The maximum atomic E-state index is 11.0. The number of nitro benzene ring substituents is 1. The van der Waals surface area contributed by atoms with E-state index in [-0.39, 0.29) is 22.6 Å². The highest BCUT2D eigenvalue weighted by molar-refractivity contribution is 5.43. The average Bonchev–Trinajstić information content (AvgIpc) is 2.94. The second kappa shape index (κ2) is 6.70. The number of rotatable bonds is 6. The van der Waals surface area contributed by atoms with E-state index in [9.17, 15) is 10.1 Å². The van der Waals surface area contributed by atoms with Crippen molar-refractivity contribution in [3.8, 4) is 0 Å². The lowest BCUT2D eigenvalue weighted by atomic mass is 10.0. The van der Waals surface area contributed by atoms with Gasteiger partial charge in [-0.15, -0.1) is 0 Å². The number of aromatic nitrogens is 1. The number of nitrogens with one attached hydrogen (secondary N) is 1. The number of nitrogens with zero attached hydrogens (tertiary/aromatic N) is 2. The molecule has 0 fully saturated rings. The first kappa shape index (κ1) is 16.2. The summed E-state index contributed by atoms with van der Waals surface area (Å²) in [5.74, 6) is 0.973. The van der Waals surface area contributed by atoms with Crippen molar-refractivity contribution in [2.45, 2.75) is 46.2 Å². The highest BCUT2D eigenvalue weighted by Gasteiger charge is 2.15. The fourth-order valence-electron chi connectivity index (χ4n) is 2.14. The van der Waals surface area contributed by atoms with Crippen molar-refractivity contribution >= 4 is 5.69 Å². The van der Waals surface area contributed by atoms with Gasteiger partial charge in [0.05, 0.1) is 10.6 Å². The van der Waals surface area contributed by atoms with Gasteiger partial charge in [0.1, 0.15) is 6.26 Å². The molecule has 1 heterocycles. The summed E-state index contributed by atoms with van der Waals surface area (Å²) in [6.07, 6.45) is 1.65. The van der Waals surface area contributed by atoms with Gasteiger partial charge >= 0.3 is 0 Å². The van der Waals surface area contributed by atoms with Crippen LogP contribution in [0.25, 0.3) is 0 Å². The molecule has 22 heavy (non-hydrogen) atoms. The van der Waals surface area contributed by atoms with Crippen LogP contribution in [0.4, 0.5) is 5.69 Å². The van der Waals surface area contributed by atoms with Crippen LogP contribution < -0.4 is 5.32 Å². The lowest BCUT2D eigenvalue weighted by molar-refractivity contribution is -0.385. The van der Waals surface area contributed by atoms with Crippen LogP contribution in [0, 0.1) is 17.0 Å². The molecule has 1 aromatic carbocycles. The number of aryl methyl sites for hydroxylation is 1. The van der Waals surface area contributed by atoms with Gasteiger partial charge in [0.2, 0.25) is 0 Å². The van der Waals surface area contributed by atoms with Crippen molar-refractivity contribution in [2.24, 2.45) is 0 Å². The van der Waals surface area contributed by atoms with Crippen LogP contribution in [-0.4, -0.2) is 9.91 Å². The van der Waals surface area contributed by atoms with Crippen molar-refractivity contribution in [2.75, 3.05) is 0 Å². The van der Waals surface area contributed by atoms with Gasteiger partial charge in [-0.3, -0.25) is 10.1 Å². The monoisotopic (exact) mass is 303 g/mol. The minimum Gasteiger partial charge on any atom is -0.448 e. The Kier molecular flexibility index (Phi) is 4.92. The zero-order chi connectivity index (χ0) is 16.3. The first-order chi connectivity index (χ1) is 10.4. The lowest BCUT2D eigenvalue weighted by Crippen LogP contribution is -2.18. The average molecular weight is 303 g/mol. The number of benzene rings is 1. The molecule has 0 aliphatic rings. The zero-order valence-corrected chi connectivity index (χ0v) is 13.3. The Morgan fingerprint density at radius 3 is 2.68 bits per heavy atom. The molecule has 2 rings (SSSR count). The van der Waals surface area contributed by atoms with E-state index in [0.717, 1.165) is 17.1 Å². The topological polar surface area (TPSA) is 81.2 Å². The van der Waals surface area contributed by atoms with E-state index in [1.54, 1.807) is 25.3 Å². The Morgan fingerprint density at radius 2 is 2.09 bits per heavy atom. The molecule has 0 spiro atoms. The van der Waals surface area contributed by atoms with Crippen LogP contribution >= 0.6 is 0 Å². The van der Waals surface area contributed by atoms with E-state index in [1.165, 1.54) is 0 Å². The lowest BCUT2D eigenvalue weighted by Gasteiger charge is -2.13. The van der Waals surface area contributed by atoms with E-state index in [0.29, 0.717) is 12.1 Å². The first-order valence-electron chi connectivity index (χ1n) is 7.31. The van der Waals surface area contributed by atoms with Crippen LogP contribution in [0.5, 0.6) is 0 Å². The van der Waals surface area contributed by atoms with Gasteiger partial charge in [0.25, 0.3) is 5.69 Å². The van der Waals surface area contributed by atoms with Crippen LogP contribution in [-0.2, 0) is 6.54 Å². The molecule has 118 valence electrons. The Morgan fingerprint density at radius 1 is 1.36 bits per heavy atom. The summed E-state index contributed by atoms with van der Waals surface area (Å²) in [5.41, 5.74) is 2.52. The molecule has 1 atom stereocenters. The van der Waals surface area contributed by atoms with Crippen LogP contribution in [0.15, 0.2) is 28.9 Å². The van der Waals surface area contributed by atoms with Crippen molar-refractivity contribution in [3.63, 3.8) is 0 Å². The van der Waals surface area contributed by atoms with Gasteiger partial charge < -0.3 is 9.73 Å². The summed E-state index contributed by atoms with van der Waals surface area (Å²) in [4.78, 5) is 15.1. The summed E-state index contributed by atoms with van der Waals surface area (Å²) >= 11 is 0. The molecule has 2 aromatic rings. The molecule has 0 aliphatic carbocycles. The molecular formula is C16H21N3O3. The fourth-order valence-corrected chi connectivity index (χ4v) is 2.14. The van der Waals surface area contributed by atoms with E-state index >= 15 is 0 Å². The molecule has 6 heteroatoms. The molecule has 0 unspecified atom stereocenters. The quantitative estimate of drug-likeness (QED) is 0.647.